The molecule has 0 saturated heterocycles. The van der Waals surface area contributed by atoms with Gasteiger partial charge in [-0.15, -0.1) is 0 Å². The number of benzene rings is 1. The summed E-state index contributed by atoms with van der Waals surface area (Å²) in [4.78, 5) is 18.1. The van der Waals surface area contributed by atoms with E-state index in [2.05, 4.69) is 27.0 Å². The Labute approximate surface area is 108 Å². The lowest BCUT2D eigenvalue weighted by atomic mass is 10.0. The van der Waals surface area contributed by atoms with Crippen LogP contribution in [0.4, 0.5) is 5.69 Å². The predicted octanol–water partition coefficient (Wildman–Crippen LogP) is 2.56. The first-order valence-corrected chi connectivity index (χ1v) is 6.26. The molecule has 1 aromatic carbocycles. The van der Waals surface area contributed by atoms with Gasteiger partial charge in [0.25, 0.3) is 0 Å². The molecule has 1 aliphatic heterocycles. The number of fused-ring (bicyclic) bond motifs is 3. The van der Waals surface area contributed by atoms with Crippen molar-refractivity contribution < 1.29 is 4.79 Å². The minimum atomic E-state index is 0.217. The molecule has 1 aliphatic rings. The number of hydrogen-bond donors (Lipinski definition) is 0. The van der Waals surface area contributed by atoms with Crippen LogP contribution in [0, 0.1) is 0 Å². The molecule has 0 bridgehead atoms. The molecular weight excluding hydrogens is 280 g/mol. The Bertz CT molecular complexity index is 624. The minimum absolute atomic E-state index is 0.217. The molecule has 0 atom stereocenters. The van der Waals surface area contributed by atoms with Crippen LogP contribution in [0.1, 0.15) is 5.69 Å². The molecule has 17 heavy (non-hydrogen) atoms. The van der Waals surface area contributed by atoms with Gasteiger partial charge in [-0.2, -0.15) is 0 Å². The number of halogens is 1. The van der Waals surface area contributed by atoms with E-state index in [0.717, 1.165) is 26.8 Å². The normalized spacial score (nSPS) is 15.2. The number of carbonyl (C=O) groups is 1. The third kappa shape index (κ3) is 1.63. The van der Waals surface area contributed by atoms with Crippen molar-refractivity contribution in [3.63, 3.8) is 0 Å². The van der Waals surface area contributed by atoms with Gasteiger partial charge in [-0.05, 0) is 15.9 Å². The smallest absolute Gasteiger partial charge is 0.158 e. The summed E-state index contributed by atoms with van der Waals surface area (Å²) in [5.74, 6) is 0.217. The van der Waals surface area contributed by atoms with Crippen molar-refractivity contribution in [3.8, 4) is 0 Å². The highest BCUT2D eigenvalue weighted by molar-refractivity contribution is 9.10. The van der Waals surface area contributed by atoms with Gasteiger partial charge in [-0.1, -0.05) is 24.3 Å². The van der Waals surface area contributed by atoms with Crippen LogP contribution in [0.15, 0.2) is 28.9 Å². The highest BCUT2D eigenvalue weighted by Crippen LogP contribution is 2.35. The van der Waals surface area contributed by atoms with E-state index in [0.29, 0.717) is 13.0 Å². The quantitative estimate of drug-likeness (QED) is 0.699. The van der Waals surface area contributed by atoms with Gasteiger partial charge in [0.1, 0.15) is 4.60 Å². The highest BCUT2D eigenvalue weighted by Gasteiger charge is 2.24. The van der Waals surface area contributed by atoms with Gasteiger partial charge in [0.15, 0.2) is 5.78 Å². The van der Waals surface area contributed by atoms with Crippen molar-refractivity contribution in [1.82, 2.24) is 4.98 Å². The number of likely N-dealkylation sites (N-methyl/N-ethyl adjacent to an activating group) is 1. The highest BCUT2D eigenvalue weighted by atomic mass is 79.9. The van der Waals surface area contributed by atoms with Crippen molar-refractivity contribution in [2.45, 2.75) is 6.42 Å². The van der Waals surface area contributed by atoms with Crippen LogP contribution >= 0.6 is 15.9 Å². The van der Waals surface area contributed by atoms with E-state index in [-0.39, 0.29) is 5.78 Å². The second-order valence-electron chi connectivity index (χ2n) is 4.32. The topological polar surface area (TPSA) is 33.2 Å². The maximum Gasteiger partial charge on any atom is 0.158 e. The maximum atomic E-state index is 11.6. The van der Waals surface area contributed by atoms with E-state index < -0.39 is 0 Å². The summed E-state index contributed by atoms with van der Waals surface area (Å²) in [6, 6.07) is 8.12. The predicted molar refractivity (Wildman–Crippen MR) is 71.4 cm³/mol. The van der Waals surface area contributed by atoms with E-state index in [4.69, 9.17) is 0 Å². The largest absolute Gasteiger partial charge is 0.365 e. The second-order valence-corrected chi connectivity index (χ2v) is 5.07. The number of carbonyl (C=O) groups excluding carboxylic acids is 1. The molecule has 0 amide bonds. The van der Waals surface area contributed by atoms with Crippen LogP contribution in [0.5, 0.6) is 0 Å². The Hall–Kier alpha value is -1.42. The molecule has 0 radical (unpaired) electrons. The molecule has 0 unspecified atom stereocenters. The van der Waals surface area contributed by atoms with Gasteiger partial charge in [-0.25, -0.2) is 4.98 Å². The molecule has 0 spiro atoms. The molecule has 2 aromatic rings. The summed E-state index contributed by atoms with van der Waals surface area (Å²) >= 11 is 3.47. The SMILES string of the molecule is CN1CC(=O)Cc2nc(Br)c3ccccc3c21. The zero-order chi connectivity index (χ0) is 12.0. The van der Waals surface area contributed by atoms with Gasteiger partial charge in [0.2, 0.25) is 0 Å². The molecule has 1 aromatic heterocycles. The zero-order valence-corrected chi connectivity index (χ0v) is 11.0. The Morgan fingerprint density at radius 3 is 2.76 bits per heavy atom. The van der Waals surface area contributed by atoms with E-state index in [9.17, 15) is 4.79 Å². The molecule has 3 nitrogen and oxygen atoms in total. The zero-order valence-electron chi connectivity index (χ0n) is 9.40. The number of aromatic nitrogens is 1. The van der Waals surface area contributed by atoms with Crippen LogP contribution in [0.2, 0.25) is 0 Å². The van der Waals surface area contributed by atoms with Crippen LogP contribution < -0.4 is 4.90 Å². The van der Waals surface area contributed by atoms with Crippen molar-refractivity contribution in [3.05, 3.63) is 34.6 Å². The lowest BCUT2D eigenvalue weighted by Crippen LogP contribution is -2.33. The first-order chi connectivity index (χ1) is 8.16. The van der Waals surface area contributed by atoms with Crippen molar-refractivity contribution in [1.29, 1.82) is 0 Å². The van der Waals surface area contributed by atoms with Gasteiger partial charge < -0.3 is 4.90 Å². The monoisotopic (exact) mass is 290 g/mol. The van der Waals surface area contributed by atoms with E-state index in [1.165, 1.54) is 0 Å². The lowest BCUT2D eigenvalue weighted by Gasteiger charge is -2.27. The summed E-state index contributed by atoms with van der Waals surface area (Å²) in [7, 11) is 1.94. The first kappa shape index (κ1) is 10.7. The van der Waals surface area contributed by atoms with Crippen LogP contribution in [0.25, 0.3) is 10.8 Å². The number of rotatable bonds is 0. The maximum absolute atomic E-state index is 11.6. The fourth-order valence-corrected chi connectivity index (χ4v) is 2.95. The van der Waals surface area contributed by atoms with Gasteiger partial charge in [-0.3, -0.25) is 4.79 Å². The fourth-order valence-electron chi connectivity index (χ4n) is 2.39. The molecule has 0 N–H and O–H groups in total. The number of ketones is 1. The summed E-state index contributed by atoms with van der Waals surface area (Å²) < 4.78 is 0.815. The minimum Gasteiger partial charge on any atom is -0.365 e. The van der Waals surface area contributed by atoms with Gasteiger partial charge in [0, 0.05) is 17.8 Å². The van der Waals surface area contributed by atoms with E-state index >= 15 is 0 Å². The van der Waals surface area contributed by atoms with Crippen molar-refractivity contribution in [2.24, 2.45) is 0 Å². The van der Waals surface area contributed by atoms with Crippen LogP contribution in [-0.4, -0.2) is 24.4 Å². The lowest BCUT2D eigenvalue weighted by molar-refractivity contribution is -0.117. The summed E-state index contributed by atoms with van der Waals surface area (Å²) in [6.07, 6.45) is 0.434. The summed E-state index contributed by atoms with van der Waals surface area (Å²) in [6.45, 7) is 0.473. The molecule has 4 heteroatoms. The molecule has 0 aliphatic carbocycles. The fraction of sp³-hybridized carbons (Fsp3) is 0.231. The first-order valence-electron chi connectivity index (χ1n) is 5.47. The average molecular weight is 291 g/mol. The van der Waals surface area contributed by atoms with E-state index in [1.54, 1.807) is 0 Å². The van der Waals surface area contributed by atoms with Crippen LogP contribution in [0.3, 0.4) is 0 Å². The third-order valence-electron chi connectivity index (χ3n) is 3.07. The molecule has 2 heterocycles. The average Bonchev–Trinajstić information content (AvgIpc) is 2.28. The number of hydrogen-bond acceptors (Lipinski definition) is 3. The summed E-state index contributed by atoms with van der Waals surface area (Å²) in [5.41, 5.74) is 1.96. The third-order valence-corrected chi connectivity index (χ3v) is 3.68. The Morgan fingerprint density at radius 2 is 2.00 bits per heavy atom. The number of pyridine rings is 1. The van der Waals surface area contributed by atoms with Gasteiger partial charge >= 0.3 is 0 Å². The van der Waals surface area contributed by atoms with Gasteiger partial charge in [0.05, 0.1) is 24.3 Å². The molecule has 3 rings (SSSR count). The standard InChI is InChI=1S/C13H11BrN2O/c1-16-7-8(17)6-11-12(16)9-4-2-3-5-10(9)13(14)15-11/h2-5H,6-7H2,1H3. The Balaban J connectivity index is 2.38. The van der Waals surface area contributed by atoms with E-state index in [1.807, 2.05) is 30.1 Å². The molecule has 86 valence electrons. The Morgan fingerprint density at radius 1 is 1.29 bits per heavy atom. The molecule has 0 fully saturated rings. The number of nitrogens with zero attached hydrogens (tertiary/aromatic N) is 2. The second kappa shape index (κ2) is 3.81. The molecule has 0 saturated carbocycles. The summed E-state index contributed by atoms with van der Waals surface area (Å²) in [5, 5.41) is 2.24. The number of anilines is 1. The van der Waals surface area contributed by atoms with Crippen molar-refractivity contribution in [2.75, 3.05) is 18.5 Å². The van der Waals surface area contributed by atoms with Crippen molar-refractivity contribution >= 4 is 38.2 Å². The van der Waals surface area contributed by atoms with Crippen LogP contribution in [-0.2, 0) is 11.2 Å². The molecular formula is C13H11BrN2O. The Kier molecular flexibility index (Phi) is 2.40. The number of Topliss-reactive ketones (excluding diaryl/α,β-unsaturated/α-hetero) is 1.